The fourth-order valence-corrected chi connectivity index (χ4v) is 1.69. The summed E-state index contributed by atoms with van der Waals surface area (Å²) in [5, 5.41) is 2.62. The fraction of sp³-hybridized carbons (Fsp3) is 0.310. The predicted molar refractivity (Wildman–Crippen MR) is 138 cm³/mol. The predicted octanol–water partition coefficient (Wildman–Crippen LogP) is 8.65. The third-order valence-electron chi connectivity index (χ3n) is 3.14. The van der Waals surface area contributed by atoms with Crippen LogP contribution < -0.4 is 4.74 Å². The van der Waals surface area contributed by atoms with Crippen LogP contribution >= 0.6 is 0 Å². The van der Waals surface area contributed by atoms with Crippen molar-refractivity contribution in [2.24, 2.45) is 0 Å². The molecule has 0 heterocycles. The molecule has 0 spiro atoms. The molecule has 0 atom stereocenters. The van der Waals surface area contributed by atoms with Crippen molar-refractivity contribution in [1.82, 2.24) is 0 Å². The van der Waals surface area contributed by atoms with E-state index in [1.165, 1.54) is 10.8 Å². The van der Waals surface area contributed by atoms with Gasteiger partial charge in [0.05, 0.1) is 7.11 Å². The highest BCUT2D eigenvalue weighted by Gasteiger charge is 1.85. The minimum Gasteiger partial charge on any atom is -0.497 e. The highest BCUT2D eigenvalue weighted by molar-refractivity contribution is 5.81. The van der Waals surface area contributed by atoms with E-state index in [9.17, 15) is 0 Å². The van der Waals surface area contributed by atoms with Crippen molar-refractivity contribution in [2.45, 2.75) is 55.4 Å². The SMILES string of the molecule is CC.CC.CC#CC.CC#CC.COc1ccccc1.c1ccc2ccccc2c1. The largest absolute Gasteiger partial charge is 0.497 e. The molecule has 3 aromatic rings. The molecule has 0 saturated carbocycles. The van der Waals surface area contributed by atoms with Gasteiger partial charge in [0.15, 0.2) is 0 Å². The summed E-state index contributed by atoms with van der Waals surface area (Å²) in [7, 11) is 1.66. The van der Waals surface area contributed by atoms with Gasteiger partial charge in [-0.2, -0.15) is 0 Å². The van der Waals surface area contributed by atoms with Crippen molar-refractivity contribution < 1.29 is 4.74 Å². The van der Waals surface area contributed by atoms with Crippen LogP contribution in [0.2, 0.25) is 0 Å². The number of benzene rings is 3. The number of methoxy groups -OCH3 is 1. The quantitative estimate of drug-likeness (QED) is 0.369. The van der Waals surface area contributed by atoms with Crippen LogP contribution in [0.25, 0.3) is 10.8 Å². The summed E-state index contributed by atoms with van der Waals surface area (Å²) in [5.41, 5.74) is 0. The molecule has 162 valence electrons. The second-order valence-corrected chi connectivity index (χ2v) is 4.86. The van der Waals surface area contributed by atoms with Gasteiger partial charge in [-0.1, -0.05) is 94.4 Å². The number of rotatable bonds is 1. The molecule has 0 fully saturated rings. The molecule has 0 saturated heterocycles. The number of hydrogen-bond acceptors (Lipinski definition) is 1. The van der Waals surface area contributed by atoms with Crippen molar-refractivity contribution >= 4 is 10.8 Å². The molecule has 0 aliphatic heterocycles. The molecule has 0 aliphatic rings. The fourth-order valence-electron chi connectivity index (χ4n) is 1.69. The van der Waals surface area contributed by atoms with Gasteiger partial charge in [-0.05, 0) is 50.6 Å². The van der Waals surface area contributed by atoms with E-state index in [0.717, 1.165) is 5.75 Å². The molecular weight excluding hydrogens is 364 g/mol. The summed E-state index contributed by atoms with van der Waals surface area (Å²) in [5.74, 6) is 11.6. The van der Waals surface area contributed by atoms with Crippen LogP contribution in [0.15, 0.2) is 78.9 Å². The first kappa shape index (κ1) is 31.5. The van der Waals surface area contributed by atoms with Crippen LogP contribution in [-0.4, -0.2) is 7.11 Å². The van der Waals surface area contributed by atoms with Gasteiger partial charge < -0.3 is 4.74 Å². The topological polar surface area (TPSA) is 9.23 Å². The van der Waals surface area contributed by atoms with Crippen LogP contribution in [0.4, 0.5) is 0 Å². The third-order valence-corrected chi connectivity index (χ3v) is 3.14. The van der Waals surface area contributed by atoms with Gasteiger partial charge in [0, 0.05) is 0 Å². The lowest BCUT2D eigenvalue weighted by molar-refractivity contribution is 0.415. The molecule has 1 heteroatoms. The smallest absolute Gasteiger partial charge is 0.118 e. The van der Waals surface area contributed by atoms with E-state index in [1.54, 1.807) is 7.11 Å². The summed E-state index contributed by atoms with van der Waals surface area (Å²) in [6.45, 7) is 15.3. The van der Waals surface area contributed by atoms with Gasteiger partial charge in [-0.25, -0.2) is 0 Å². The molecule has 0 amide bonds. The average Bonchev–Trinajstić information content (AvgIpc) is 2.87. The summed E-state index contributed by atoms with van der Waals surface area (Å²) in [4.78, 5) is 0. The molecule has 0 N–H and O–H groups in total. The Hall–Kier alpha value is -3.16. The van der Waals surface area contributed by atoms with E-state index in [4.69, 9.17) is 4.74 Å². The first-order chi connectivity index (χ1) is 14.7. The monoisotopic (exact) mass is 404 g/mol. The van der Waals surface area contributed by atoms with Crippen LogP contribution in [0.5, 0.6) is 5.75 Å². The maximum atomic E-state index is 4.91. The number of fused-ring (bicyclic) bond motifs is 1. The summed E-state index contributed by atoms with van der Waals surface area (Å²) in [6, 6.07) is 26.4. The minimum atomic E-state index is 0.910. The van der Waals surface area contributed by atoms with E-state index in [2.05, 4.69) is 72.2 Å². The van der Waals surface area contributed by atoms with E-state index >= 15 is 0 Å². The molecule has 0 aliphatic carbocycles. The molecule has 0 aromatic heterocycles. The van der Waals surface area contributed by atoms with Gasteiger partial charge in [0.25, 0.3) is 0 Å². The number of hydrogen-bond donors (Lipinski definition) is 0. The standard InChI is InChI=1S/C10H8.C7H8O.2C4H6.2C2H6/c1-2-6-10-8-4-3-7-9(10)5-1;1-8-7-5-3-2-4-6-7;2*1-3-4-2;2*1-2/h1-8H;2-6H,1H3;2*1-2H3;2*1-2H3. The molecule has 1 nitrogen and oxygen atoms in total. The maximum absolute atomic E-state index is 4.91. The lowest BCUT2D eigenvalue weighted by Crippen LogP contribution is -1.78. The highest BCUT2D eigenvalue weighted by atomic mass is 16.5. The Kier molecular flexibility index (Phi) is 29.5. The van der Waals surface area contributed by atoms with Crippen LogP contribution in [0.3, 0.4) is 0 Å². The Balaban J connectivity index is -0.000000328. The zero-order valence-corrected chi connectivity index (χ0v) is 20.4. The molecule has 30 heavy (non-hydrogen) atoms. The van der Waals surface area contributed by atoms with Crippen molar-refractivity contribution in [3.8, 4) is 29.4 Å². The van der Waals surface area contributed by atoms with Crippen molar-refractivity contribution in [3.05, 3.63) is 78.9 Å². The van der Waals surface area contributed by atoms with E-state index < -0.39 is 0 Å². The number of ether oxygens (including phenoxy) is 1. The Morgan fingerprint density at radius 1 is 0.467 bits per heavy atom. The van der Waals surface area contributed by atoms with E-state index in [-0.39, 0.29) is 0 Å². The highest BCUT2D eigenvalue weighted by Crippen LogP contribution is 2.11. The van der Waals surface area contributed by atoms with E-state index in [0.29, 0.717) is 0 Å². The van der Waals surface area contributed by atoms with Gasteiger partial charge >= 0.3 is 0 Å². The summed E-state index contributed by atoms with van der Waals surface area (Å²) < 4.78 is 4.91. The van der Waals surface area contributed by atoms with E-state index in [1.807, 2.05) is 85.7 Å². The average molecular weight is 405 g/mol. The van der Waals surface area contributed by atoms with Gasteiger partial charge in [-0.15, -0.1) is 23.7 Å². The Morgan fingerprint density at radius 3 is 0.933 bits per heavy atom. The van der Waals surface area contributed by atoms with Crippen LogP contribution in [-0.2, 0) is 0 Å². The normalized spacial score (nSPS) is 6.97. The van der Waals surface area contributed by atoms with Gasteiger partial charge in [-0.3, -0.25) is 0 Å². The lowest BCUT2D eigenvalue weighted by Gasteiger charge is -1.93. The third kappa shape index (κ3) is 19.6. The Bertz CT molecular complexity index is 732. The first-order valence-electron chi connectivity index (χ1n) is 10.4. The molecule has 3 aromatic carbocycles. The molecular formula is C29H40O. The first-order valence-corrected chi connectivity index (χ1v) is 10.4. The van der Waals surface area contributed by atoms with Gasteiger partial charge in [0.2, 0.25) is 0 Å². The summed E-state index contributed by atoms with van der Waals surface area (Å²) >= 11 is 0. The Labute approximate surface area is 186 Å². The summed E-state index contributed by atoms with van der Waals surface area (Å²) in [6.07, 6.45) is 0. The lowest BCUT2D eigenvalue weighted by atomic mass is 10.1. The van der Waals surface area contributed by atoms with Crippen LogP contribution in [0, 0.1) is 23.7 Å². The molecule has 0 bridgehead atoms. The second kappa shape index (κ2) is 28.1. The molecule has 0 radical (unpaired) electrons. The zero-order chi connectivity index (χ0) is 23.5. The zero-order valence-electron chi connectivity index (χ0n) is 20.4. The molecule has 0 unspecified atom stereocenters. The van der Waals surface area contributed by atoms with Crippen LogP contribution in [0.1, 0.15) is 55.4 Å². The number of para-hydroxylation sites is 1. The molecule has 3 rings (SSSR count). The second-order valence-electron chi connectivity index (χ2n) is 4.86. The minimum absolute atomic E-state index is 0.910. The Morgan fingerprint density at radius 2 is 0.733 bits per heavy atom. The van der Waals surface area contributed by atoms with Gasteiger partial charge in [0.1, 0.15) is 5.75 Å². The van der Waals surface area contributed by atoms with Crippen molar-refractivity contribution in [3.63, 3.8) is 0 Å². The van der Waals surface area contributed by atoms with Crippen molar-refractivity contribution in [1.29, 1.82) is 0 Å². The van der Waals surface area contributed by atoms with Crippen molar-refractivity contribution in [2.75, 3.05) is 7.11 Å². The maximum Gasteiger partial charge on any atom is 0.118 e.